The van der Waals surface area contributed by atoms with Gasteiger partial charge in [-0.3, -0.25) is 0 Å². The number of hydrogen-bond acceptors (Lipinski definition) is 3. The summed E-state index contributed by atoms with van der Waals surface area (Å²) in [5.41, 5.74) is 7.60. The maximum atomic E-state index is 5.93. The summed E-state index contributed by atoms with van der Waals surface area (Å²) in [6, 6.07) is 9.64. The number of aromatic nitrogens is 2. The Morgan fingerprint density at radius 2 is 2.12 bits per heavy atom. The zero-order chi connectivity index (χ0) is 12.1. The van der Waals surface area contributed by atoms with Gasteiger partial charge in [0.1, 0.15) is 5.82 Å². The van der Waals surface area contributed by atoms with Gasteiger partial charge in [0.05, 0.1) is 0 Å². The molecule has 0 atom stereocenters. The highest BCUT2D eigenvalue weighted by Gasteiger charge is 2.01. The molecule has 2 N–H and O–H groups in total. The molecule has 17 heavy (non-hydrogen) atoms. The number of nitrogens with zero attached hydrogens (tertiary/aromatic N) is 2. The minimum atomic E-state index is 0.605. The lowest BCUT2D eigenvalue weighted by molar-refractivity contribution is 0.866. The Morgan fingerprint density at radius 1 is 1.24 bits per heavy atom. The molecule has 0 spiro atoms. The van der Waals surface area contributed by atoms with E-state index in [1.807, 2.05) is 30.3 Å². The predicted molar refractivity (Wildman–Crippen MR) is 69.0 cm³/mol. The molecular formula is C13H14ClN3. The van der Waals surface area contributed by atoms with Crippen molar-refractivity contribution < 1.29 is 0 Å². The quantitative estimate of drug-likeness (QED) is 0.901. The minimum Gasteiger partial charge on any atom is -0.330 e. The van der Waals surface area contributed by atoms with Gasteiger partial charge in [0, 0.05) is 29.8 Å². The highest BCUT2D eigenvalue weighted by atomic mass is 35.5. The smallest absolute Gasteiger partial charge is 0.132 e. The third kappa shape index (κ3) is 3.51. The molecule has 0 unspecified atom stereocenters. The molecule has 2 aromatic rings. The molecule has 0 saturated heterocycles. The van der Waals surface area contributed by atoms with Crippen molar-refractivity contribution in [3.8, 4) is 0 Å². The van der Waals surface area contributed by atoms with Crippen LogP contribution in [0.25, 0.3) is 0 Å². The highest BCUT2D eigenvalue weighted by molar-refractivity contribution is 6.30. The van der Waals surface area contributed by atoms with Gasteiger partial charge in [0.15, 0.2) is 0 Å². The summed E-state index contributed by atoms with van der Waals surface area (Å²) < 4.78 is 0. The van der Waals surface area contributed by atoms with Gasteiger partial charge in [-0.2, -0.15) is 0 Å². The van der Waals surface area contributed by atoms with E-state index in [2.05, 4.69) is 9.97 Å². The van der Waals surface area contributed by atoms with Crippen molar-refractivity contribution in [1.82, 2.24) is 9.97 Å². The van der Waals surface area contributed by atoms with Gasteiger partial charge >= 0.3 is 0 Å². The maximum absolute atomic E-state index is 5.93. The fraction of sp³-hybridized carbons (Fsp3) is 0.231. The van der Waals surface area contributed by atoms with Crippen molar-refractivity contribution in [2.24, 2.45) is 5.73 Å². The Hall–Kier alpha value is -1.45. The van der Waals surface area contributed by atoms with E-state index < -0.39 is 0 Å². The molecule has 0 amide bonds. The predicted octanol–water partition coefficient (Wildman–Crippen LogP) is 2.22. The molecule has 1 heterocycles. The third-order valence-electron chi connectivity index (χ3n) is 2.41. The van der Waals surface area contributed by atoms with Crippen LogP contribution in [-0.4, -0.2) is 16.5 Å². The van der Waals surface area contributed by atoms with Gasteiger partial charge in [-0.1, -0.05) is 23.7 Å². The lowest BCUT2D eigenvalue weighted by Gasteiger charge is -2.03. The first-order valence-corrected chi connectivity index (χ1v) is 5.91. The van der Waals surface area contributed by atoms with Crippen LogP contribution < -0.4 is 5.73 Å². The van der Waals surface area contributed by atoms with Gasteiger partial charge in [-0.05, 0) is 30.3 Å². The molecule has 3 nitrogen and oxygen atoms in total. The van der Waals surface area contributed by atoms with Crippen LogP contribution in [0.15, 0.2) is 36.5 Å². The summed E-state index contributed by atoms with van der Waals surface area (Å²) in [6.45, 7) is 0.605. The standard InChI is InChI=1S/C13H14ClN3/c14-11-3-1-2-10(8-11)9-13-16-7-5-12(17-13)4-6-15/h1-3,5,7-8H,4,6,9,15H2. The van der Waals surface area contributed by atoms with Gasteiger partial charge in [0.25, 0.3) is 0 Å². The lowest BCUT2D eigenvalue weighted by Crippen LogP contribution is -2.06. The molecule has 0 bridgehead atoms. The molecule has 0 aliphatic carbocycles. The SMILES string of the molecule is NCCc1ccnc(Cc2cccc(Cl)c2)n1. The topological polar surface area (TPSA) is 51.8 Å². The van der Waals surface area contributed by atoms with Crippen molar-refractivity contribution in [3.63, 3.8) is 0 Å². The number of halogens is 1. The van der Waals surface area contributed by atoms with Crippen molar-refractivity contribution in [1.29, 1.82) is 0 Å². The number of nitrogens with two attached hydrogens (primary N) is 1. The van der Waals surface area contributed by atoms with Gasteiger partial charge < -0.3 is 5.73 Å². The second-order valence-corrected chi connectivity index (χ2v) is 4.25. The first-order chi connectivity index (χ1) is 8.28. The van der Waals surface area contributed by atoms with Crippen LogP contribution in [0.2, 0.25) is 5.02 Å². The average molecular weight is 248 g/mol. The summed E-state index contributed by atoms with van der Waals surface area (Å²) >= 11 is 5.93. The second-order valence-electron chi connectivity index (χ2n) is 3.81. The zero-order valence-electron chi connectivity index (χ0n) is 9.44. The van der Waals surface area contributed by atoms with E-state index in [0.29, 0.717) is 13.0 Å². The van der Waals surface area contributed by atoms with Crippen molar-refractivity contribution >= 4 is 11.6 Å². The summed E-state index contributed by atoms with van der Waals surface area (Å²) in [5.74, 6) is 0.804. The molecule has 0 fully saturated rings. The Balaban J connectivity index is 2.15. The maximum Gasteiger partial charge on any atom is 0.132 e. The Kier molecular flexibility index (Phi) is 4.07. The fourth-order valence-electron chi connectivity index (χ4n) is 1.64. The highest BCUT2D eigenvalue weighted by Crippen LogP contribution is 2.13. The zero-order valence-corrected chi connectivity index (χ0v) is 10.2. The Labute approximate surface area is 106 Å². The minimum absolute atomic E-state index is 0.605. The van der Waals surface area contributed by atoms with Crippen molar-refractivity contribution in [2.75, 3.05) is 6.54 Å². The van der Waals surface area contributed by atoms with Crippen LogP contribution in [-0.2, 0) is 12.8 Å². The molecule has 0 radical (unpaired) electrons. The van der Waals surface area contributed by atoms with Crippen LogP contribution in [0.1, 0.15) is 17.1 Å². The van der Waals surface area contributed by atoms with Gasteiger partial charge in [-0.15, -0.1) is 0 Å². The monoisotopic (exact) mass is 247 g/mol. The fourth-order valence-corrected chi connectivity index (χ4v) is 1.86. The van der Waals surface area contributed by atoms with Crippen LogP contribution in [0.4, 0.5) is 0 Å². The molecule has 0 saturated carbocycles. The number of hydrogen-bond donors (Lipinski definition) is 1. The van der Waals surface area contributed by atoms with E-state index in [1.54, 1.807) is 6.20 Å². The van der Waals surface area contributed by atoms with Crippen LogP contribution in [0.5, 0.6) is 0 Å². The first kappa shape index (κ1) is 12.0. The van der Waals surface area contributed by atoms with Crippen LogP contribution in [0.3, 0.4) is 0 Å². The van der Waals surface area contributed by atoms with E-state index in [-0.39, 0.29) is 0 Å². The molecular weight excluding hydrogens is 234 g/mol. The van der Waals surface area contributed by atoms with Gasteiger partial charge in [0.2, 0.25) is 0 Å². The number of benzene rings is 1. The van der Waals surface area contributed by atoms with Gasteiger partial charge in [-0.25, -0.2) is 9.97 Å². The Morgan fingerprint density at radius 3 is 2.88 bits per heavy atom. The average Bonchev–Trinajstić information content (AvgIpc) is 2.30. The molecule has 1 aromatic carbocycles. The molecule has 2 rings (SSSR count). The van der Waals surface area contributed by atoms with E-state index in [0.717, 1.165) is 28.5 Å². The van der Waals surface area contributed by atoms with E-state index in [1.165, 1.54) is 0 Å². The largest absolute Gasteiger partial charge is 0.330 e. The molecule has 0 aliphatic rings. The Bertz CT molecular complexity index is 500. The summed E-state index contributed by atoms with van der Waals surface area (Å²) in [7, 11) is 0. The van der Waals surface area contributed by atoms with Crippen molar-refractivity contribution in [3.05, 3.63) is 58.6 Å². The van der Waals surface area contributed by atoms with Crippen LogP contribution >= 0.6 is 11.6 Å². The van der Waals surface area contributed by atoms with E-state index >= 15 is 0 Å². The molecule has 4 heteroatoms. The summed E-state index contributed by atoms with van der Waals surface area (Å²) in [4.78, 5) is 8.70. The van der Waals surface area contributed by atoms with Crippen LogP contribution in [0, 0.1) is 0 Å². The summed E-state index contributed by atoms with van der Waals surface area (Å²) in [6.07, 6.45) is 3.25. The normalized spacial score (nSPS) is 10.5. The summed E-state index contributed by atoms with van der Waals surface area (Å²) in [5, 5.41) is 0.737. The third-order valence-corrected chi connectivity index (χ3v) is 2.65. The van der Waals surface area contributed by atoms with E-state index in [4.69, 9.17) is 17.3 Å². The first-order valence-electron chi connectivity index (χ1n) is 5.53. The lowest BCUT2D eigenvalue weighted by atomic mass is 10.1. The van der Waals surface area contributed by atoms with E-state index in [9.17, 15) is 0 Å². The number of rotatable bonds is 4. The second kappa shape index (κ2) is 5.75. The molecule has 1 aromatic heterocycles. The molecule has 0 aliphatic heterocycles. The molecule has 88 valence electrons. The van der Waals surface area contributed by atoms with Crippen molar-refractivity contribution in [2.45, 2.75) is 12.8 Å².